The summed E-state index contributed by atoms with van der Waals surface area (Å²) in [5, 5.41) is 2.68. The number of allylic oxidation sites excluding steroid dienone is 2. The van der Waals surface area contributed by atoms with Crippen LogP contribution in [0.2, 0.25) is 0 Å². The van der Waals surface area contributed by atoms with E-state index < -0.39 is 11.9 Å². The zero-order valence-electron chi connectivity index (χ0n) is 16.6. The maximum atomic E-state index is 13.2. The topological polar surface area (TPSA) is 105 Å². The number of methoxy groups -OCH3 is 2. The number of benzene rings is 1. The summed E-state index contributed by atoms with van der Waals surface area (Å²) in [6.07, 6.45) is 6.19. The van der Waals surface area contributed by atoms with E-state index in [1.807, 2.05) is 0 Å². The summed E-state index contributed by atoms with van der Waals surface area (Å²) < 4.78 is 9.70. The van der Waals surface area contributed by atoms with E-state index in [0.29, 0.717) is 18.8 Å². The van der Waals surface area contributed by atoms with Gasteiger partial charge in [-0.05, 0) is 24.3 Å². The highest BCUT2D eigenvalue weighted by Gasteiger charge is 2.31. The van der Waals surface area contributed by atoms with Crippen LogP contribution in [-0.4, -0.2) is 62.5 Å². The highest BCUT2D eigenvalue weighted by Crippen LogP contribution is 2.30. The number of para-hydroxylation sites is 1. The van der Waals surface area contributed by atoms with Crippen LogP contribution < -0.4 is 10.2 Å². The molecule has 2 aliphatic rings. The third kappa shape index (κ3) is 4.09. The van der Waals surface area contributed by atoms with Crippen molar-refractivity contribution in [1.82, 2.24) is 10.2 Å². The molecule has 0 bridgehead atoms. The zero-order valence-corrected chi connectivity index (χ0v) is 16.6. The van der Waals surface area contributed by atoms with Crippen molar-refractivity contribution in [2.75, 3.05) is 38.8 Å². The lowest BCUT2D eigenvalue weighted by Gasteiger charge is -2.29. The summed E-state index contributed by atoms with van der Waals surface area (Å²) in [5.41, 5.74) is 0.513. The van der Waals surface area contributed by atoms with Crippen LogP contribution in [0.5, 0.6) is 0 Å². The van der Waals surface area contributed by atoms with Crippen molar-refractivity contribution >= 4 is 29.4 Å². The molecule has 0 spiro atoms. The van der Waals surface area contributed by atoms with Crippen LogP contribution in [0.1, 0.15) is 10.4 Å². The monoisotopic (exact) mass is 411 g/mol. The molecule has 0 saturated carbocycles. The van der Waals surface area contributed by atoms with Gasteiger partial charge in [-0.1, -0.05) is 18.2 Å². The minimum Gasteiger partial charge on any atom is -0.465 e. The van der Waals surface area contributed by atoms with E-state index >= 15 is 0 Å². The standard InChI is InChI=1S/C21H21N3O6/c1-29-20(27)15-8-5-6-11-24(18(15)21(28)30-2)16-9-4-3-7-14(16)19(26)23-12-10-22-17(25)13-23/h3-9,11H,10,12-13H2,1-2H3,(H,22,25). The molecule has 9 heteroatoms. The van der Waals surface area contributed by atoms with Gasteiger partial charge in [0, 0.05) is 19.3 Å². The number of ether oxygens (including phenoxy) is 2. The molecule has 1 saturated heterocycles. The van der Waals surface area contributed by atoms with E-state index in [1.165, 1.54) is 30.1 Å². The van der Waals surface area contributed by atoms with Crippen molar-refractivity contribution in [3.63, 3.8) is 0 Å². The van der Waals surface area contributed by atoms with Gasteiger partial charge >= 0.3 is 11.9 Å². The number of nitrogens with one attached hydrogen (secondary N) is 1. The van der Waals surface area contributed by atoms with Gasteiger partial charge in [-0.25, -0.2) is 9.59 Å². The number of hydrogen-bond donors (Lipinski definition) is 1. The smallest absolute Gasteiger partial charge is 0.355 e. The minimum absolute atomic E-state index is 0.0195. The average Bonchev–Trinajstić information content (AvgIpc) is 3.00. The van der Waals surface area contributed by atoms with E-state index in [2.05, 4.69) is 5.32 Å². The van der Waals surface area contributed by atoms with E-state index in [0.717, 1.165) is 0 Å². The maximum absolute atomic E-state index is 13.2. The number of nitrogens with zero attached hydrogens (tertiary/aromatic N) is 2. The Balaban J connectivity index is 2.12. The Hall–Kier alpha value is -3.88. The highest BCUT2D eigenvalue weighted by atomic mass is 16.5. The molecular weight excluding hydrogens is 390 g/mol. The third-order valence-electron chi connectivity index (χ3n) is 4.61. The van der Waals surface area contributed by atoms with Crippen molar-refractivity contribution in [2.45, 2.75) is 0 Å². The van der Waals surface area contributed by atoms with Crippen LogP contribution in [-0.2, 0) is 23.9 Å². The highest BCUT2D eigenvalue weighted by molar-refractivity contribution is 6.08. The molecular formula is C21H21N3O6. The summed E-state index contributed by atoms with van der Waals surface area (Å²) in [6, 6.07) is 6.63. The van der Waals surface area contributed by atoms with Crippen LogP contribution in [0.25, 0.3) is 0 Å². The quantitative estimate of drug-likeness (QED) is 0.729. The van der Waals surface area contributed by atoms with Crippen molar-refractivity contribution in [2.24, 2.45) is 0 Å². The first kappa shape index (κ1) is 20.8. The van der Waals surface area contributed by atoms with Gasteiger partial charge in [0.15, 0.2) is 0 Å². The van der Waals surface area contributed by atoms with E-state index in [4.69, 9.17) is 9.47 Å². The van der Waals surface area contributed by atoms with E-state index in [9.17, 15) is 19.2 Å². The number of rotatable bonds is 4. The Morgan fingerprint density at radius 1 is 1.03 bits per heavy atom. The largest absolute Gasteiger partial charge is 0.465 e. The fourth-order valence-electron chi connectivity index (χ4n) is 3.20. The molecule has 1 N–H and O–H groups in total. The van der Waals surface area contributed by atoms with Gasteiger partial charge in [0.2, 0.25) is 5.91 Å². The van der Waals surface area contributed by atoms with Crippen LogP contribution in [0.3, 0.4) is 0 Å². The van der Waals surface area contributed by atoms with Gasteiger partial charge in [-0.2, -0.15) is 0 Å². The molecule has 0 atom stereocenters. The fraction of sp³-hybridized carbons (Fsp3) is 0.238. The lowest BCUT2D eigenvalue weighted by molar-refractivity contribution is -0.139. The lowest BCUT2D eigenvalue weighted by Crippen LogP contribution is -2.50. The molecule has 1 fully saturated rings. The second kappa shape index (κ2) is 9.08. The minimum atomic E-state index is -0.772. The van der Waals surface area contributed by atoms with Crippen LogP contribution in [0, 0.1) is 0 Å². The molecule has 0 unspecified atom stereocenters. The maximum Gasteiger partial charge on any atom is 0.355 e. The Morgan fingerprint density at radius 3 is 2.47 bits per heavy atom. The van der Waals surface area contributed by atoms with Crippen LogP contribution in [0.15, 0.2) is 60.0 Å². The van der Waals surface area contributed by atoms with Crippen LogP contribution in [0.4, 0.5) is 5.69 Å². The molecule has 156 valence electrons. The second-order valence-electron chi connectivity index (χ2n) is 6.41. The number of esters is 2. The first-order valence-electron chi connectivity index (χ1n) is 9.18. The SMILES string of the molecule is COC(=O)C1=C(C(=O)OC)N(c2ccccc2C(=O)N2CCNC(=O)C2)C=CC=C1. The molecule has 0 aliphatic carbocycles. The molecule has 0 aromatic heterocycles. The fourth-order valence-corrected chi connectivity index (χ4v) is 3.20. The van der Waals surface area contributed by atoms with Gasteiger partial charge in [0.05, 0.1) is 37.6 Å². The van der Waals surface area contributed by atoms with Gasteiger partial charge in [-0.15, -0.1) is 0 Å². The van der Waals surface area contributed by atoms with E-state index in [-0.39, 0.29) is 35.2 Å². The zero-order chi connectivity index (χ0) is 21.7. The molecule has 3 rings (SSSR count). The number of amides is 2. The summed E-state index contributed by atoms with van der Waals surface area (Å²) >= 11 is 0. The Bertz CT molecular complexity index is 979. The van der Waals surface area contributed by atoms with Crippen molar-refractivity contribution in [3.05, 3.63) is 65.5 Å². The first-order chi connectivity index (χ1) is 14.5. The molecule has 9 nitrogen and oxygen atoms in total. The molecule has 2 amide bonds. The normalized spacial score (nSPS) is 16.1. The number of anilines is 1. The Kier molecular flexibility index (Phi) is 6.31. The first-order valence-corrected chi connectivity index (χ1v) is 9.18. The second-order valence-corrected chi connectivity index (χ2v) is 6.41. The summed E-state index contributed by atoms with van der Waals surface area (Å²) in [4.78, 5) is 52.7. The number of carbonyl (C=O) groups is 4. The Labute approximate surface area is 173 Å². The van der Waals surface area contributed by atoms with Gasteiger partial charge in [0.25, 0.3) is 5.91 Å². The third-order valence-corrected chi connectivity index (χ3v) is 4.61. The predicted octanol–water partition coefficient (Wildman–Crippen LogP) is 0.749. The molecule has 1 aromatic carbocycles. The average molecular weight is 411 g/mol. The molecule has 2 aliphatic heterocycles. The lowest BCUT2D eigenvalue weighted by atomic mass is 10.1. The summed E-state index contributed by atoms with van der Waals surface area (Å²) in [7, 11) is 2.41. The molecule has 30 heavy (non-hydrogen) atoms. The van der Waals surface area contributed by atoms with Gasteiger partial charge in [0.1, 0.15) is 5.70 Å². The summed E-state index contributed by atoms with van der Waals surface area (Å²) in [6.45, 7) is 0.668. The van der Waals surface area contributed by atoms with Crippen molar-refractivity contribution in [1.29, 1.82) is 0 Å². The molecule has 1 aromatic rings. The number of hydrogen-bond acceptors (Lipinski definition) is 7. The predicted molar refractivity (Wildman–Crippen MR) is 107 cm³/mol. The van der Waals surface area contributed by atoms with Gasteiger partial charge in [-0.3, -0.25) is 9.59 Å². The summed E-state index contributed by atoms with van der Waals surface area (Å²) in [5.74, 6) is -2.10. The number of piperazine rings is 1. The van der Waals surface area contributed by atoms with Crippen LogP contribution >= 0.6 is 0 Å². The Morgan fingerprint density at radius 2 is 1.77 bits per heavy atom. The molecule has 0 radical (unpaired) electrons. The molecule has 2 heterocycles. The number of carbonyl (C=O) groups excluding carboxylic acids is 4. The van der Waals surface area contributed by atoms with Crippen molar-refractivity contribution < 1.29 is 28.7 Å². The van der Waals surface area contributed by atoms with Gasteiger partial charge < -0.3 is 24.6 Å². The van der Waals surface area contributed by atoms with E-state index in [1.54, 1.807) is 42.6 Å². The van der Waals surface area contributed by atoms with Crippen molar-refractivity contribution in [3.8, 4) is 0 Å².